The van der Waals surface area contributed by atoms with Gasteiger partial charge in [0.2, 0.25) is 0 Å². The molecule has 0 spiro atoms. The SMILES string of the molecule is C=CCSc1ccccc1NC(=O)N1CCN(S(=O)(=O)N2CCN(C)CC2)CC1. The molecule has 0 atom stereocenters. The highest BCUT2D eigenvalue weighted by Crippen LogP contribution is 2.27. The van der Waals surface area contributed by atoms with Crippen LogP contribution in [0.15, 0.2) is 41.8 Å². The third-order valence-corrected chi connectivity index (χ3v) is 8.23. The number of piperazine rings is 2. The van der Waals surface area contributed by atoms with Crippen molar-refractivity contribution in [3.8, 4) is 0 Å². The van der Waals surface area contributed by atoms with Gasteiger partial charge in [0.25, 0.3) is 10.2 Å². The molecular weight excluding hydrogens is 410 g/mol. The minimum Gasteiger partial charge on any atom is -0.322 e. The number of carbonyl (C=O) groups excluding carboxylic acids is 1. The number of nitrogens with zero attached hydrogens (tertiary/aromatic N) is 4. The van der Waals surface area contributed by atoms with Crippen molar-refractivity contribution in [1.82, 2.24) is 18.4 Å². The smallest absolute Gasteiger partial charge is 0.321 e. The maximum Gasteiger partial charge on any atom is 0.321 e. The molecule has 3 rings (SSSR count). The lowest BCUT2D eigenvalue weighted by Crippen LogP contribution is -2.57. The van der Waals surface area contributed by atoms with E-state index in [4.69, 9.17) is 0 Å². The minimum absolute atomic E-state index is 0.201. The summed E-state index contributed by atoms with van der Waals surface area (Å²) < 4.78 is 28.8. The number of likely N-dealkylation sites (N-methyl/N-ethyl adjacent to an activating group) is 1. The Bertz CT molecular complexity index is 817. The Kier molecular flexibility index (Phi) is 7.58. The van der Waals surface area contributed by atoms with Crippen molar-refractivity contribution in [2.45, 2.75) is 4.90 Å². The molecule has 2 aliphatic heterocycles. The van der Waals surface area contributed by atoms with Crippen molar-refractivity contribution < 1.29 is 13.2 Å². The fraction of sp³-hybridized carbons (Fsp3) is 0.526. The van der Waals surface area contributed by atoms with Crippen LogP contribution in [0, 0.1) is 0 Å². The molecule has 0 aromatic heterocycles. The number of hydrogen-bond donors (Lipinski definition) is 1. The summed E-state index contributed by atoms with van der Waals surface area (Å²) in [4.78, 5) is 17.5. The predicted octanol–water partition coefficient (Wildman–Crippen LogP) is 1.61. The van der Waals surface area contributed by atoms with Gasteiger partial charge in [0, 0.05) is 63.0 Å². The maximum atomic E-state index is 12.9. The van der Waals surface area contributed by atoms with Crippen LogP contribution in [0.5, 0.6) is 0 Å². The number of carbonyl (C=O) groups is 1. The monoisotopic (exact) mass is 439 g/mol. The second kappa shape index (κ2) is 9.94. The van der Waals surface area contributed by atoms with E-state index in [0.29, 0.717) is 39.3 Å². The molecule has 2 amide bonds. The van der Waals surface area contributed by atoms with Crippen LogP contribution in [0.4, 0.5) is 10.5 Å². The van der Waals surface area contributed by atoms with E-state index in [-0.39, 0.29) is 6.03 Å². The van der Waals surface area contributed by atoms with E-state index in [0.717, 1.165) is 29.4 Å². The standard InChI is InChI=1S/C19H29N5O3S2/c1-3-16-28-18-7-5-4-6-17(18)20-19(25)22-10-14-24(15-11-22)29(26,27)23-12-8-21(2)9-13-23/h3-7H,1,8-16H2,2H3,(H,20,25). The molecule has 29 heavy (non-hydrogen) atoms. The molecule has 2 fully saturated rings. The molecule has 0 bridgehead atoms. The predicted molar refractivity (Wildman–Crippen MR) is 118 cm³/mol. The Labute approximate surface area is 177 Å². The Hall–Kier alpha value is -1.59. The molecule has 1 N–H and O–H groups in total. The number of para-hydroxylation sites is 1. The zero-order valence-electron chi connectivity index (χ0n) is 16.8. The molecule has 0 unspecified atom stereocenters. The number of thioether (sulfide) groups is 1. The highest BCUT2D eigenvalue weighted by molar-refractivity contribution is 7.99. The summed E-state index contributed by atoms with van der Waals surface area (Å²) in [6.45, 7) is 7.62. The number of nitrogens with one attached hydrogen (secondary N) is 1. The molecule has 8 nitrogen and oxygen atoms in total. The second-order valence-corrected chi connectivity index (χ2v) is 10.1. The van der Waals surface area contributed by atoms with Crippen LogP contribution in [0.3, 0.4) is 0 Å². The van der Waals surface area contributed by atoms with Crippen LogP contribution in [0.25, 0.3) is 0 Å². The molecular formula is C19H29N5O3S2. The summed E-state index contributed by atoms with van der Waals surface area (Å²) in [5, 5.41) is 2.96. The average Bonchev–Trinajstić information content (AvgIpc) is 2.73. The molecule has 0 aliphatic carbocycles. The van der Waals surface area contributed by atoms with Gasteiger partial charge in [-0.25, -0.2) is 4.79 Å². The minimum atomic E-state index is -3.46. The van der Waals surface area contributed by atoms with E-state index in [9.17, 15) is 13.2 Å². The van der Waals surface area contributed by atoms with Crippen molar-refractivity contribution in [3.05, 3.63) is 36.9 Å². The molecule has 2 aliphatic rings. The maximum absolute atomic E-state index is 12.9. The lowest BCUT2D eigenvalue weighted by molar-refractivity contribution is 0.173. The molecule has 0 radical (unpaired) electrons. The van der Waals surface area contributed by atoms with E-state index >= 15 is 0 Å². The molecule has 2 heterocycles. The highest BCUT2D eigenvalue weighted by atomic mass is 32.2. The number of anilines is 1. The van der Waals surface area contributed by atoms with Gasteiger partial charge >= 0.3 is 6.03 Å². The van der Waals surface area contributed by atoms with Crippen LogP contribution >= 0.6 is 11.8 Å². The third-order valence-electron chi connectivity index (χ3n) is 5.13. The summed E-state index contributed by atoms with van der Waals surface area (Å²) >= 11 is 1.61. The highest BCUT2D eigenvalue weighted by Gasteiger charge is 2.34. The van der Waals surface area contributed by atoms with E-state index in [1.54, 1.807) is 21.0 Å². The summed E-state index contributed by atoms with van der Waals surface area (Å²) in [6.07, 6.45) is 1.82. The zero-order chi connectivity index (χ0) is 20.9. The molecule has 2 saturated heterocycles. The summed E-state index contributed by atoms with van der Waals surface area (Å²) in [5.41, 5.74) is 0.761. The van der Waals surface area contributed by atoms with Crippen LogP contribution in [-0.4, -0.2) is 98.0 Å². The topological polar surface area (TPSA) is 76.2 Å². The molecule has 160 valence electrons. The largest absolute Gasteiger partial charge is 0.322 e. The molecule has 1 aromatic rings. The second-order valence-electron chi connectivity index (χ2n) is 7.12. The quantitative estimate of drug-likeness (QED) is 0.538. The molecule has 0 saturated carbocycles. The summed E-state index contributed by atoms with van der Waals surface area (Å²) in [6, 6.07) is 7.45. The van der Waals surface area contributed by atoms with Gasteiger partial charge in [-0.2, -0.15) is 17.0 Å². The third kappa shape index (κ3) is 5.52. The fourth-order valence-corrected chi connectivity index (χ4v) is 5.67. The van der Waals surface area contributed by atoms with Crippen molar-refractivity contribution in [2.24, 2.45) is 0 Å². The summed E-state index contributed by atoms with van der Waals surface area (Å²) in [7, 11) is -1.47. The number of benzene rings is 1. The first-order valence-electron chi connectivity index (χ1n) is 9.74. The number of urea groups is 1. The van der Waals surface area contributed by atoms with Gasteiger partial charge in [0.05, 0.1) is 5.69 Å². The Balaban J connectivity index is 1.55. The summed E-state index contributed by atoms with van der Waals surface area (Å²) in [5.74, 6) is 0.760. The van der Waals surface area contributed by atoms with Gasteiger partial charge in [-0.1, -0.05) is 18.2 Å². The molecule has 1 aromatic carbocycles. The van der Waals surface area contributed by atoms with Crippen LogP contribution in [-0.2, 0) is 10.2 Å². The Morgan fingerprint density at radius 1 is 1.07 bits per heavy atom. The van der Waals surface area contributed by atoms with Gasteiger partial charge in [-0.3, -0.25) is 0 Å². The first-order valence-corrected chi connectivity index (χ1v) is 12.1. The fourth-order valence-electron chi connectivity index (χ4n) is 3.34. The number of amides is 2. The van der Waals surface area contributed by atoms with E-state index in [1.165, 1.54) is 4.31 Å². The van der Waals surface area contributed by atoms with Gasteiger partial charge in [0.1, 0.15) is 0 Å². The van der Waals surface area contributed by atoms with Crippen LogP contribution in [0.1, 0.15) is 0 Å². The number of rotatable bonds is 6. The first-order chi connectivity index (χ1) is 13.9. The first kappa shape index (κ1) is 22.1. The lowest BCUT2D eigenvalue weighted by Gasteiger charge is -2.39. The van der Waals surface area contributed by atoms with E-state index in [1.807, 2.05) is 37.4 Å². The van der Waals surface area contributed by atoms with Crippen molar-refractivity contribution in [3.63, 3.8) is 0 Å². The van der Waals surface area contributed by atoms with Gasteiger partial charge in [0.15, 0.2) is 0 Å². The normalized spacial score (nSPS) is 19.8. The lowest BCUT2D eigenvalue weighted by atomic mass is 10.3. The van der Waals surface area contributed by atoms with E-state index < -0.39 is 10.2 Å². The van der Waals surface area contributed by atoms with Crippen molar-refractivity contribution >= 4 is 33.7 Å². The van der Waals surface area contributed by atoms with Crippen LogP contribution in [0.2, 0.25) is 0 Å². The average molecular weight is 440 g/mol. The van der Waals surface area contributed by atoms with Crippen molar-refractivity contribution in [1.29, 1.82) is 0 Å². The Morgan fingerprint density at radius 2 is 1.66 bits per heavy atom. The van der Waals surface area contributed by atoms with E-state index in [2.05, 4.69) is 16.8 Å². The van der Waals surface area contributed by atoms with Crippen molar-refractivity contribution in [2.75, 3.05) is 70.5 Å². The van der Waals surface area contributed by atoms with Crippen LogP contribution < -0.4 is 5.32 Å². The molecule has 10 heteroatoms. The van der Waals surface area contributed by atoms with Gasteiger partial charge in [-0.15, -0.1) is 18.3 Å². The van der Waals surface area contributed by atoms with Gasteiger partial charge in [-0.05, 0) is 19.2 Å². The zero-order valence-corrected chi connectivity index (χ0v) is 18.4. The van der Waals surface area contributed by atoms with Gasteiger partial charge < -0.3 is 15.1 Å². The Morgan fingerprint density at radius 3 is 2.28 bits per heavy atom. The number of hydrogen-bond acceptors (Lipinski definition) is 5.